The van der Waals surface area contributed by atoms with Crippen LogP contribution in [0.15, 0.2) is 35.5 Å². The summed E-state index contributed by atoms with van der Waals surface area (Å²) in [5, 5.41) is 0. The summed E-state index contributed by atoms with van der Waals surface area (Å²) in [5.74, 6) is 0.523. The van der Waals surface area contributed by atoms with Gasteiger partial charge in [0.05, 0.1) is 11.9 Å². The van der Waals surface area contributed by atoms with E-state index in [1.54, 1.807) is 25.4 Å². The van der Waals surface area contributed by atoms with Crippen LogP contribution in [0.25, 0.3) is 11.3 Å². The van der Waals surface area contributed by atoms with Crippen molar-refractivity contribution in [1.82, 2.24) is 9.97 Å². The van der Waals surface area contributed by atoms with Crippen LogP contribution in [0.2, 0.25) is 0 Å². The van der Waals surface area contributed by atoms with E-state index in [-0.39, 0.29) is 11.7 Å². The van der Waals surface area contributed by atoms with Gasteiger partial charge in [-0.3, -0.25) is 4.99 Å². The summed E-state index contributed by atoms with van der Waals surface area (Å²) in [5.41, 5.74) is 19.7. The Morgan fingerprint density at radius 1 is 1.17 bits per heavy atom. The van der Waals surface area contributed by atoms with E-state index in [0.717, 1.165) is 5.56 Å². The summed E-state index contributed by atoms with van der Waals surface area (Å²) < 4.78 is 0. The molecule has 0 saturated carbocycles. The number of nitrogen functional groups attached to an aromatic ring is 2. The van der Waals surface area contributed by atoms with Crippen LogP contribution in [0.3, 0.4) is 0 Å². The van der Waals surface area contributed by atoms with E-state index in [9.17, 15) is 0 Å². The van der Waals surface area contributed by atoms with Crippen molar-refractivity contribution in [3.8, 4) is 11.3 Å². The minimum Gasteiger partial charge on any atom is -0.399 e. The lowest BCUT2D eigenvalue weighted by atomic mass is 10.1. The smallest absolute Gasteiger partial charge is 0.153 e. The molecule has 6 N–H and O–H groups in total. The number of aliphatic imine (C=N–C) groups is 1. The molecule has 0 aliphatic rings. The zero-order valence-electron chi connectivity index (χ0n) is 9.96. The minimum absolute atomic E-state index is 0.261. The Morgan fingerprint density at radius 3 is 2.44 bits per heavy atom. The highest BCUT2D eigenvalue weighted by molar-refractivity contribution is 5.99. The summed E-state index contributed by atoms with van der Waals surface area (Å²) >= 11 is 0. The van der Waals surface area contributed by atoms with Crippen molar-refractivity contribution in [2.75, 3.05) is 18.5 Å². The molecule has 6 nitrogen and oxygen atoms in total. The van der Waals surface area contributed by atoms with Crippen molar-refractivity contribution in [2.45, 2.75) is 0 Å². The highest BCUT2D eigenvalue weighted by Crippen LogP contribution is 2.19. The lowest BCUT2D eigenvalue weighted by Gasteiger charge is -2.06. The van der Waals surface area contributed by atoms with Crippen molar-refractivity contribution in [3.05, 3.63) is 36.2 Å². The van der Waals surface area contributed by atoms with Crippen LogP contribution in [-0.4, -0.2) is 22.9 Å². The van der Waals surface area contributed by atoms with Crippen LogP contribution >= 0.6 is 0 Å². The molecule has 0 atom stereocenters. The average Bonchev–Trinajstić information content (AvgIpc) is 2.39. The van der Waals surface area contributed by atoms with Crippen molar-refractivity contribution in [2.24, 2.45) is 10.7 Å². The van der Waals surface area contributed by atoms with Gasteiger partial charge in [-0.25, -0.2) is 9.97 Å². The summed E-state index contributed by atoms with van der Waals surface area (Å²) in [6, 6.07) is 7.31. The SMILES string of the molecule is CN=C(N)c1nc(-c2ccc(N)cc2)cnc1N. The highest BCUT2D eigenvalue weighted by atomic mass is 15.0. The predicted octanol–water partition coefficient (Wildman–Crippen LogP) is 0.643. The van der Waals surface area contributed by atoms with Crippen molar-refractivity contribution in [3.63, 3.8) is 0 Å². The van der Waals surface area contributed by atoms with Gasteiger partial charge in [0, 0.05) is 18.3 Å². The standard InChI is InChI=1S/C12H14N6/c1-16-11(14)10-12(15)17-6-9(18-10)7-2-4-8(13)5-3-7/h2-6H,13H2,1H3,(H2,14,16)(H2,15,17). The van der Waals surface area contributed by atoms with Crippen LogP contribution in [0.5, 0.6) is 0 Å². The molecule has 0 bridgehead atoms. The van der Waals surface area contributed by atoms with Crippen LogP contribution in [-0.2, 0) is 0 Å². The monoisotopic (exact) mass is 242 g/mol. The largest absolute Gasteiger partial charge is 0.399 e. The second kappa shape index (κ2) is 4.70. The Morgan fingerprint density at radius 2 is 1.83 bits per heavy atom. The molecule has 0 aliphatic carbocycles. The first kappa shape index (κ1) is 11.8. The minimum atomic E-state index is 0.261. The molecule has 1 aromatic carbocycles. The topological polar surface area (TPSA) is 116 Å². The Balaban J connectivity index is 2.50. The second-order valence-corrected chi connectivity index (χ2v) is 3.72. The first-order valence-corrected chi connectivity index (χ1v) is 5.33. The number of aromatic nitrogens is 2. The number of anilines is 2. The number of amidine groups is 1. The van der Waals surface area contributed by atoms with Gasteiger partial charge in [-0.1, -0.05) is 12.1 Å². The zero-order chi connectivity index (χ0) is 13.1. The molecule has 2 rings (SSSR count). The van der Waals surface area contributed by atoms with E-state index in [1.165, 1.54) is 0 Å². The molecule has 0 saturated heterocycles. The number of hydrogen-bond donors (Lipinski definition) is 3. The second-order valence-electron chi connectivity index (χ2n) is 3.72. The molecule has 18 heavy (non-hydrogen) atoms. The molecule has 92 valence electrons. The van der Waals surface area contributed by atoms with Crippen molar-refractivity contribution >= 4 is 17.3 Å². The van der Waals surface area contributed by atoms with E-state index >= 15 is 0 Å². The molecule has 0 amide bonds. The van der Waals surface area contributed by atoms with Crippen LogP contribution < -0.4 is 17.2 Å². The van der Waals surface area contributed by atoms with Gasteiger partial charge in [0.25, 0.3) is 0 Å². The molecule has 0 spiro atoms. The van der Waals surface area contributed by atoms with Crippen molar-refractivity contribution in [1.29, 1.82) is 0 Å². The number of nitrogens with two attached hydrogens (primary N) is 3. The van der Waals surface area contributed by atoms with Crippen LogP contribution in [0.4, 0.5) is 11.5 Å². The normalized spacial score (nSPS) is 11.5. The van der Waals surface area contributed by atoms with Gasteiger partial charge in [-0.15, -0.1) is 0 Å². The van der Waals surface area contributed by atoms with Gasteiger partial charge in [0.15, 0.2) is 5.82 Å². The fourth-order valence-corrected chi connectivity index (χ4v) is 1.49. The fourth-order valence-electron chi connectivity index (χ4n) is 1.49. The first-order chi connectivity index (χ1) is 8.61. The van der Waals surface area contributed by atoms with Gasteiger partial charge >= 0.3 is 0 Å². The third-order valence-electron chi connectivity index (χ3n) is 2.49. The number of rotatable bonds is 2. The molecule has 0 aliphatic heterocycles. The van der Waals surface area contributed by atoms with E-state index in [0.29, 0.717) is 17.1 Å². The van der Waals surface area contributed by atoms with Gasteiger partial charge in [0.2, 0.25) is 0 Å². The van der Waals surface area contributed by atoms with E-state index in [4.69, 9.17) is 17.2 Å². The summed E-state index contributed by atoms with van der Waals surface area (Å²) in [6.45, 7) is 0. The summed E-state index contributed by atoms with van der Waals surface area (Å²) in [4.78, 5) is 12.3. The molecule has 0 radical (unpaired) electrons. The number of hydrogen-bond acceptors (Lipinski definition) is 5. The average molecular weight is 242 g/mol. The number of benzene rings is 1. The highest BCUT2D eigenvalue weighted by Gasteiger charge is 2.09. The lowest BCUT2D eigenvalue weighted by molar-refractivity contribution is 1.18. The summed E-state index contributed by atoms with van der Waals surface area (Å²) in [6.07, 6.45) is 1.59. The Kier molecular flexibility index (Phi) is 3.09. The van der Waals surface area contributed by atoms with Crippen LogP contribution in [0.1, 0.15) is 5.69 Å². The van der Waals surface area contributed by atoms with Gasteiger partial charge in [-0.05, 0) is 12.1 Å². The van der Waals surface area contributed by atoms with Gasteiger partial charge < -0.3 is 17.2 Å². The Labute approximate surface area is 105 Å². The molecule has 6 heteroatoms. The maximum Gasteiger partial charge on any atom is 0.153 e. The van der Waals surface area contributed by atoms with E-state index in [1.807, 2.05) is 12.1 Å². The number of nitrogens with zero attached hydrogens (tertiary/aromatic N) is 3. The Hall–Kier alpha value is -2.63. The predicted molar refractivity (Wildman–Crippen MR) is 72.9 cm³/mol. The molecule has 2 aromatic rings. The third-order valence-corrected chi connectivity index (χ3v) is 2.49. The van der Waals surface area contributed by atoms with E-state index < -0.39 is 0 Å². The zero-order valence-corrected chi connectivity index (χ0v) is 9.96. The van der Waals surface area contributed by atoms with Crippen LogP contribution in [0, 0.1) is 0 Å². The Bertz CT molecular complexity index is 588. The lowest BCUT2D eigenvalue weighted by Crippen LogP contribution is -2.18. The molecule has 0 fully saturated rings. The van der Waals surface area contributed by atoms with Gasteiger partial charge in [-0.2, -0.15) is 0 Å². The molecular weight excluding hydrogens is 228 g/mol. The van der Waals surface area contributed by atoms with Crippen molar-refractivity contribution < 1.29 is 0 Å². The quantitative estimate of drug-likeness (QED) is 0.406. The molecule has 0 unspecified atom stereocenters. The summed E-state index contributed by atoms with van der Waals surface area (Å²) in [7, 11) is 1.58. The van der Waals surface area contributed by atoms with E-state index in [2.05, 4.69) is 15.0 Å². The third kappa shape index (κ3) is 2.22. The maximum absolute atomic E-state index is 5.71. The van der Waals surface area contributed by atoms with Gasteiger partial charge in [0.1, 0.15) is 11.5 Å². The molecule has 1 aromatic heterocycles. The maximum atomic E-state index is 5.71. The molecular formula is C12H14N6. The fraction of sp³-hybridized carbons (Fsp3) is 0.0833. The molecule has 1 heterocycles. The first-order valence-electron chi connectivity index (χ1n) is 5.33.